The van der Waals surface area contributed by atoms with Crippen molar-refractivity contribution in [3.05, 3.63) is 71.4 Å². The molecule has 0 atom stereocenters. The number of aromatic nitrogens is 1. The second-order valence-electron chi connectivity index (χ2n) is 6.29. The zero-order valence-electron chi connectivity index (χ0n) is 14.4. The van der Waals surface area contributed by atoms with Crippen molar-refractivity contribution in [2.24, 2.45) is 0 Å². The third-order valence-corrected chi connectivity index (χ3v) is 6.65. The highest BCUT2D eigenvalue weighted by Crippen LogP contribution is 2.29. The van der Waals surface area contributed by atoms with Gasteiger partial charge in [-0.05, 0) is 68.8 Å². The van der Waals surface area contributed by atoms with Crippen LogP contribution in [0.3, 0.4) is 0 Å². The summed E-state index contributed by atoms with van der Waals surface area (Å²) in [6.45, 7) is 5.40. The third kappa shape index (κ3) is 3.37. The van der Waals surface area contributed by atoms with Crippen LogP contribution in [-0.4, -0.2) is 18.2 Å². The van der Waals surface area contributed by atoms with E-state index >= 15 is 0 Å². The number of nitrogens with zero attached hydrogens (tertiary/aromatic N) is 1. The minimum absolute atomic E-state index is 0.343. The molecule has 1 aromatic heterocycles. The van der Waals surface area contributed by atoms with Gasteiger partial charge >= 0.3 is 0 Å². The summed E-state index contributed by atoms with van der Waals surface area (Å²) in [6.07, 6.45) is 0. The van der Waals surface area contributed by atoms with Crippen molar-refractivity contribution in [2.75, 3.05) is 0 Å². The van der Waals surface area contributed by atoms with Crippen LogP contribution in [0.15, 0.2) is 65.6 Å². The lowest BCUT2D eigenvalue weighted by atomic mass is 10.1. The van der Waals surface area contributed by atoms with Crippen molar-refractivity contribution >= 4 is 21.4 Å². The van der Waals surface area contributed by atoms with Crippen molar-refractivity contribution in [3.63, 3.8) is 0 Å². The van der Waals surface area contributed by atoms with Gasteiger partial charge in [0.25, 0.3) is 0 Å². The summed E-state index contributed by atoms with van der Waals surface area (Å²) in [5, 5.41) is 0.229. The number of aryl methyl sites for hydroxylation is 1. The Hall–Kier alpha value is -2.04. The van der Waals surface area contributed by atoms with E-state index in [0.717, 1.165) is 22.6 Å². The molecule has 0 aliphatic carbocycles. The van der Waals surface area contributed by atoms with Gasteiger partial charge in [0.05, 0.1) is 15.8 Å². The van der Waals surface area contributed by atoms with E-state index in [1.165, 1.54) is 0 Å². The van der Waals surface area contributed by atoms with E-state index in [1.807, 2.05) is 49.4 Å². The smallest absolute Gasteiger partial charge is 0.180 e. The lowest BCUT2D eigenvalue weighted by Crippen LogP contribution is -2.14. The molecule has 2 aromatic carbocycles. The Morgan fingerprint density at radius 3 is 2.28 bits per heavy atom. The second kappa shape index (κ2) is 6.70. The number of hydrogen-bond acceptors (Lipinski definition) is 2. The van der Waals surface area contributed by atoms with Crippen LogP contribution in [0.25, 0.3) is 16.9 Å². The third-order valence-electron chi connectivity index (χ3n) is 4.24. The Bertz CT molecular complexity index is 1000. The Morgan fingerprint density at radius 1 is 0.960 bits per heavy atom. The average molecular weight is 374 g/mol. The Morgan fingerprint density at radius 2 is 1.64 bits per heavy atom. The van der Waals surface area contributed by atoms with Crippen LogP contribution in [0.5, 0.6) is 0 Å². The van der Waals surface area contributed by atoms with Gasteiger partial charge in [-0.1, -0.05) is 29.8 Å². The first-order chi connectivity index (χ1) is 11.8. The molecule has 0 fully saturated rings. The monoisotopic (exact) mass is 373 g/mol. The molecule has 0 saturated carbocycles. The molecule has 0 bridgehead atoms. The van der Waals surface area contributed by atoms with Crippen LogP contribution in [0.2, 0.25) is 5.02 Å². The molecule has 3 rings (SSSR count). The second-order valence-corrected chi connectivity index (χ2v) is 9.23. The summed E-state index contributed by atoms with van der Waals surface area (Å²) < 4.78 is 27.1. The molecular weight excluding hydrogens is 354 g/mol. The fraction of sp³-hybridized carbons (Fsp3) is 0.200. The standard InChI is InChI=1S/C20H20ClNO2S/c1-14(2)25(23,24)19-6-4-5-18(13-19)22-15(3)7-12-20(22)16-8-10-17(21)11-9-16/h4-14H,1-3H3. The summed E-state index contributed by atoms with van der Waals surface area (Å²) in [4.78, 5) is 0.343. The maximum absolute atomic E-state index is 12.5. The number of halogens is 1. The summed E-state index contributed by atoms with van der Waals surface area (Å²) >= 11 is 5.99. The van der Waals surface area contributed by atoms with Gasteiger partial charge < -0.3 is 4.57 Å². The average Bonchev–Trinajstić information content (AvgIpc) is 2.97. The molecule has 25 heavy (non-hydrogen) atoms. The Kier molecular flexibility index (Phi) is 4.76. The van der Waals surface area contributed by atoms with E-state index in [-0.39, 0.29) is 0 Å². The molecule has 1 heterocycles. The number of sulfone groups is 1. The predicted octanol–water partition coefficient (Wildman–Crippen LogP) is 5.29. The topological polar surface area (TPSA) is 39.1 Å². The highest BCUT2D eigenvalue weighted by Gasteiger charge is 2.20. The van der Waals surface area contributed by atoms with Crippen molar-refractivity contribution in [1.82, 2.24) is 4.57 Å². The van der Waals surface area contributed by atoms with Gasteiger partial charge in [0.15, 0.2) is 9.84 Å². The van der Waals surface area contributed by atoms with Gasteiger partial charge in [-0.2, -0.15) is 0 Å². The fourth-order valence-corrected chi connectivity index (χ4v) is 4.02. The minimum Gasteiger partial charge on any atom is -0.314 e. The highest BCUT2D eigenvalue weighted by atomic mass is 35.5. The SMILES string of the molecule is Cc1ccc(-c2ccc(Cl)cc2)n1-c1cccc(S(=O)(=O)C(C)C)c1. The molecule has 3 nitrogen and oxygen atoms in total. The normalized spacial score (nSPS) is 11.9. The molecule has 0 amide bonds. The van der Waals surface area contributed by atoms with Crippen LogP contribution in [-0.2, 0) is 9.84 Å². The minimum atomic E-state index is -3.32. The molecule has 0 radical (unpaired) electrons. The summed E-state index contributed by atoms with van der Waals surface area (Å²) in [5.74, 6) is 0. The highest BCUT2D eigenvalue weighted by molar-refractivity contribution is 7.92. The van der Waals surface area contributed by atoms with Crippen molar-refractivity contribution in [1.29, 1.82) is 0 Å². The summed E-state index contributed by atoms with van der Waals surface area (Å²) in [6, 6.07) is 18.8. The van der Waals surface area contributed by atoms with Gasteiger partial charge in [-0.25, -0.2) is 8.42 Å². The molecule has 3 aromatic rings. The van der Waals surface area contributed by atoms with Crippen LogP contribution in [0.4, 0.5) is 0 Å². The van der Waals surface area contributed by atoms with E-state index in [1.54, 1.807) is 32.0 Å². The van der Waals surface area contributed by atoms with Crippen molar-refractivity contribution in [3.8, 4) is 16.9 Å². The van der Waals surface area contributed by atoms with Crippen LogP contribution >= 0.6 is 11.6 Å². The molecular formula is C20H20ClNO2S. The number of rotatable bonds is 4. The Balaban J connectivity index is 2.15. The van der Waals surface area contributed by atoms with E-state index in [0.29, 0.717) is 9.92 Å². The number of benzene rings is 2. The molecule has 130 valence electrons. The Labute approximate surface area is 153 Å². The van der Waals surface area contributed by atoms with Crippen molar-refractivity contribution < 1.29 is 8.42 Å². The van der Waals surface area contributed by atoms with Crippen LogP contribution < -0.4 is 0 Å². The van der Waals surface area contributed by atoms with Gasteiger partial charge in [0, 0.05) is 16.4 Å². The van der Waals surface area contributed by atoms with E-state index in [9.17, 15) is 8.42 Å². The number of hydrogen-bond donors (Lipinski definition) is 0. The predicted molar refractivity (Wildman–Crippen MR) is 103 cm³/mol. The lowest BCUT2D eigenvalue weighted by molar-refractivity contribution is 0.587. The van der Waals surface area contributed by atoms with Crippen molar-refractivity contribution in [2.45, 2.75) is 30.9 Å². The maximum atomic E-state index is 12.5. The van der Waals surface area contributed by atoms with Gasteiger partial charge in [-0.15, -0.1) is 0 Å². The summed E-state index contributed by atoms with van der Waals surface area (Å²) in [7, 11) is -3.32. The maximum Gasteiger partial charge on any atom is 0.180 e. The van der Waals surface area contributed by atoms with Crippen LogP contribution in [0, 0.1) is 6.92 Å². The first-order valence-electron chi connectivity index (χ1n) is 8.09. The molecule has 5 heteroatoms. The zero-order valence-corrected chi connectivity index (χ0v) is 16.0. The largest absolute Gasteiger partial charge is 0.314 e. The van der Waals surface area contributed by atoms with Crippen LogP contribution in [0.1, 0.15) is 19.5 Å². The molecule has 0 N–H and O–H groups in total. The van der Waals surface area contributed by atoms with E-state index in [2.05, 4.69) is 4.57 Å². The first kappa shape index (κ1) is 17.8. The lowest BCUT2D eigenvalue weighted by Gasteiger charge is -2.14. The first-order valence-corrected chi connectivity index (χ1v) is 10.0. The van der Waals surface area contributed by atoms with Gasteiger partial charge in [0.2, 0.25) is 0 Å². The molecule has 0 saturated heterocycles. The molecule has 0 aliphatic heterocycles. The summed E-state index contributed by atoms with van der Waals surface area (Å²) in [5.41, 5.74) is 3.88. The molecule has 0 aliphatic rings. The quantitative estimate of drug-likeness (QED) is 0.623. The molecule has 0 unspecified atom stereocenters. The van der Waals surface area contributed by atoms with E-state index in [4.69, 9.17) is 11.6 Å². The molecule has 0 spiro atoms. The zero-order chi connectivity index (χ0) is 18.2. The van der Waals surface area contributed by atoms with Gasteiger partial charge in [0.1, 0.15) is 0 Å². The van der Waals surface area contributed by atoms with E-state index < -0.39 is 15.1 Å². The van der Waals surface area contributed by atoms with Gasteiger partial charge in [-0.3, -0.25) is 0 Å². The fourth-order valence-electron chi connectivity index (χ4n) is 2.80.